The van der Waals surface area contributed by atoms with E-state index in [1.165, 1.54) is 4.80 Å². The smallest absolute Gasteiger partial charge is 0.227 e. The number of amides is 1. The van der Waals surface area contributed by atoms with E-state index in [-0.39, 0.29) is 17.9 Å². The Hall–Kier alpha value is -2.28. The van der Waals surface area contributed by atoms with E-state index < -0.39 is 0 Å². The highest BCUT2D eigenvalue weighted by Crippen LogP contribution is 2.26. The molecule has 2 aromatic rings. The SMILES string of the molecule is CCn1nnc(-c2cccc(NC(=O)[C@H]3CC[C@@H](N)C3)c2)n1. The summed E-state index contributed by atoms with van der Waals surface area (Å²) < 4.78 is 0. The van der Waals surface area contributed by atoms with Crippen molar-refractivity contribution in [2.45, 2.75) is 38.8 Å². The zero-order valence-corrected chi connectivity index (χ0v) is 12.6. The van der Waals surface area contributed by atoms with Gasteiger partial charge in [0.1, 0.15) is 0 Å². The summed E-state index contributed by atoms with van der Waals surface area (Å²) in [7, 11) is 0. The largest absolute Gasteiger partial charge is 0.328 e. The summed E-state index contributed by atoms with van der Waals surface area (Å²) >= 11 is 0. The number of hydrogen-bond acceptors (Lipinski definition) is 5. The molecule has 7 nitrogen and oxygen atoms in total. The van der Waals surface area contributed by atoms with E-state index in [1.54, 1.807) is 0 Å². The third kappa shape index (κ3) is 3.14. The molecule has 1 aromatic heterocycles. The highest BCUT2D eigenvalue weighted by molar-refractivity contribution is 5.93. The number of aromatic nitrogens is 4. The lowest BCUT2D eigenvalue weighted by Crippen LogP contribution is -2.23. The summed E-state index contributed by atoms with van der Waals surface area (Å²) in [5.41, 5.74) is 7.45. The van der Waals surface area contributed by atoms with E-state index in [4.69, 9.17) is 5.73 Å². The maximum absolute atomic E-state index is 12.2. The molecule has 0 spiro atoms. The zero-order valence-electron chi connectivity index (χ0n) is 12.6. The van der Waals surface area contributed by atoms with Gasteiger partial charge in [-0.3, -0.25) is 4.79 Å². The predicted octanol–water partition coefficient (Wildman–Crippen LogP) is 1.43. The molecule has 1 fully saturated rings. The van der Waals surface area contributed by atoms with Crippen molar-refractivity contribution in [3.05, 3.63) is 24.3 Å². The molecule has 1 heterocycles. The quantitative estimate of drug-likeness (QED) is 0.890. The van der Waals surface area contributed by atoms with Gasteiger partial charge in [-0.1, -0.05) is 12.1 Å². The monoisotopic (exact) mass is 300 g/mol. The van der Waals surface area contributed by atoms with Crippen LogP contribution in [-0.2, 0) is 11.3 Å². The molecule has 116 valence electrons. The van der Waals surface area contributed by atoms with Gasteiger partial charge in [0.2, 0.25) is 11.7 Å². The molecule has 0 radical (unpaired) electrons. The molecule has 2 atom stereocenters. The highest BCUT2D eigenvalue weighted by Gasteiger charge is 2.27. The van der Waals surface area contributed by atoms with Crippen LogP contribution in [0, 0.1) is 5.92 Å². The van der Waals surface area contributed by atoms with Gasteiger partial charge in [-0.25, -0.2) is 0 Å². The fraction of sp³-hybridized carbons (Fsp3) is 0.467. The van der Waals surface area contributed by atoms with Crippen LogP contribution in [0.15, 0.2) is 24.3 Å². The Morgan fingerprint density at radius 3 is 3.00 bits per heavy atom. The first-order valence-corrected chi connectivity index (χ1v) is 7.60. The molecule has 3 N–H and O–H groups in total. The fourth-order valence-electron chi connectivity index (χ4n) is 2.73. The van der Waals surface area contributed by atoms with Crippen LogP contribution in [0.5, 0.6) is 0 Å². The minimum absolute atomic E-state index is 0.0118. The summed E-state index contributed by atoms with van der Waals surface area (Å²) in [6.45, 7) is 2.62. The van der Waals surface area contributed by atoms with E-state index in [1.807, 2.05) is 31.2 Å². The van der Waals surface area contributed by atoms with Gasteiger partial charge in [-0.05, 0) is 43.5 Å². The first-order valence-electron chi connectivity index (χ1n) is 7.60. The molecule has 1 aliphatic rings. The zero-order chi connectivity index (χ0) is 15.5. The number of aryl methyl sites for hydroxylation is 1. The van der Waals surface area contributed by atoms with E-state index in [0.717, 1.165) is 30.5 Å². The number of benzene rings is 1. The Morgan fingerprint density at radius 1 is 1.45 bits per heavy atom. The van der Waals surface area contributed by atoms with Gasteiger partial charge >= 0.3 is 0 Å². The van der Waals surface area contributed by atoms with Crippen molar-refractivity contribution in [2.24, 2.45) is 11.7 Å². The predicted molar refractivity (Wildman–Crippen MR) is 82.9 cm³/mol. The van der Waals surface area contributed by atoms with E-state index in [0.29, 0.717) is 12.4 Å². The van der Waals surface area contributed by atoms with Gasteiger partial charge in [-0.15, -0.1) is 10.2 Å². The van der Waals surface area contributed by atoms with Crippen molar-refractivity contribution >= 4 is 11.6 Å². The molecule has 0 saturated heterocycles. The second-order valence-corrected chi connectivity index (χ2v) is 5.64. The van der Waals surface area contributed by atoms with Crippen molar-refractivity contribution in [3.8, 4) is 11.4 Å². The van der Waals surface area contributed by atoms with Crippen molar-refractivity contribution in [1.82, 2.24) is 20.2 Å². The Bertz CT molecular complexity index is 668. The summed E-state index contributed by atoms with van der Waals surface area (Å²) in [4.78, 5) is 13.8. The average molecular weight is 300 g/mol. The number of carbonyl (C=O) groups is 1. The lowest BCUT2D eigenvalue weighted by Gasteiger charge is -2.11. The topological polar surface area (TPSA) is 98.7 Å². The molecule has 0 aliphatic heterocycles. The second kappa shape index (κ2) is 6.23. The lowest BCUT2D eigenvalue weighted by molar-refractivity contribution is -0.119. The fourth-order valence-corrected chi connectivity index (χ4v) is 2.73. The Balaban J connectivity index is 1.72. The Labute approximate surface area is 128 Å². The van der Waals surface area contributed by atoms with Gasteiger partial charge in [0.05, 0.1) is 6.54 Å². The average Bonchev–Trinajstić information content (AvgIpc) is 3.16. The van der Waals surface area contributed by atoms with Crippen LogP contribution in [0.1, 0.15) is 26.2 Å². The van der Waals surface area contributed by atoms with Crippen molar-refractivity contribution < 1.29 is 4.79 Å². The first kappa shape index (κ1) is 14.6. The summed E-state index contributed by atoms with van der Waals surface area (Å²) in [6, 6.07) is 7.65. The van der Waals surface area contributed by atoms with Crippen molar-refractivity contribution in [1.29, 1.82) is 0 Å². The molecule has 7 heteroatoms. The molecular formula is C15H20N6O. The Kier molecular flexibility index (Phi) is 4.15. The standard InChI is InChI=1S/C15H20N6O/c1-2-21-19-14(18-20-21)10-4-3-5-13(9-10)17-15(22)11-6-7-12(16)8-11/h3-5,9,11-12H,2,6-8,16H2,1H3,(H,17,22)/t11-,12+/m0/s1. The van der Waals surface area contributed by atoms with Crippen LogP contribution < -0.4 is 11.1 Å². The van der Waals surface area contributed by atoms with Crippen molar-refractivity contribution in [3.63, 3.8) is 0 Å². The number of nitrogens with two attached hydrogens (primary N) is 1. The second-order valence-electron chi connectivity index (χ2n) is 5.64. The number of hydrogen-bond donors (Lipinski definition) is 2. The Morgan fingerprint density at radius 2 is 2.32 bits per heavy atom. The first-order chi connectivity index (χ1) is 10.7. The van der Waals surface area contributed by atoms with E-state index >= 15 is 0 Å². The van der Waals surface area contributed by atoms with Crippen LogP contribution in [0.2, 0.25) is 0 Å². The normalized spacial score (nSPS) is 21.0. The third-order valence-electron chi connectivity index (χ3n) is 3.97. The van der Waals surface area contributed by atoms with Gasteiger partial charge in [0, 0.05) is 23.2 Å². The number of nitrogens with one attached hydrogen (secondary N) is 1. The summed E-state index contributed by atoms with van der Waals surface area (Å²) in [5, 5.41) is 15.2. The van der Waals surface area contributed by atoms with Gasteiger partial charge in [-0.2, -0.15) is 4.80 Å². The van der Waals surface area contributed by atoms with Crippen LogP contribution >= 0.6 is 0 Å². The molecule has 0 bridgehead atoms. The molecule has 0 unspecified atom stereocenters. The van der Waals surface area contributed by atoms with Gasteiger partial charge < -0.3 is 11.1 Å². The summed E-state index contributed by atoms with van der Waals surface area (Å²) in [5.74, 6) is 0.605. The minimum Gasteiger partial charge on any atom is -0.328 e. The molecular weight excluding hydrogens is 280 g/mol. The highest BCUT2D eigenvalue weighted by atomic mass is 16.1. The number of tetrazole rings is 1. The summed E-state index contributed by atoms with van der Waals surface area (Å²) in [6.07, 6.45) is 2.54. The molecule has 1 aliphatic carbocycles. The molecule has 22 heavy (non-hydrogen) atoms. The number of nitrogens with zero attached hydrogens (tertiary/aromatic N) is 4. The van der Waals surface area contributed by atoms with Crippen molar-refractivity contribution in [2.75, 3.05) is 5.32 Å². The third-order valence-corrected chi connectivity index (χ3v) is 3.97. The van der Waals surface area contributed by atoms with Gasteiger partial charge in [0.15, 0.2) is 0 Å². The lowest BCUT2D eigenvalue weighted by atomic mass is 10.1. The molecule has 1 aromatic carbocycles. The maximum atomic E-state index is 12.2. The minimum atomic E-state index is 0.0118. The van der Waals surface area contributed by atoms with Crippen LogP contribution in [-0.4, -0.2) is 32.2 Å². The molecule has 1 saturated carbocycles. The van der Waals surface area contributed by atoms with Crippen LogP contribution in [0.3, 0.4) is 0 Å². The molecule has 3 rings (SSSR count). The van der Waals surface area contributed by atoms with Crippen LogP contribution in [0.4, 0.5) is 5.69 Å². The molecule has 1 amide bonds. The number of anilines is 1. The number of rotatable bonds is 4. The number of carbonyl (C=O) groups excluding carboxylic acids is 1. The van der Waals surface area contributed by atoms with Crippen LogP contribution in [0.25, 0.3) is 11.4 Å². The maximum Gasteiger partial charge on any atom is 0.227 e. The van der Waals surface area contributed by atoms with E-state index in [2.05, 4.69) is 20.7 Å². The van der Waals surface area contributed by atoms with E-state index in [9.17, 15) is 4.79 Å². The van der Waals surface area contributed by atoms with Gasteiger partial charge in [0.25, 0.3) is 0 Å².